The van der Waals surface area contributed by atoms with Crippen molar-refractivity contribution >= 4 is 29.3 Å². The van der Waals surface area contributed by atoms with Crippen molar-refractivity contribution < 1.29 is 23.5 Å². The third-order valence-corrected chi connectivity index (χ3v) is 9.69. The minimum Gasteiger partial charge on any atom is -0.465 e. The van der Waals surface area contributed by atoms with Crippen LogP contribution < -0.4 is 15.5 Å². The summed E-state index contributed by atoms with van der Waals surface area (Å²) in [5.74, 6) is -2.01. The average Bonchev–Trinajstić information content (AvgIpc) is 3.86. The van der Waals surface area contributed by atoms with Crippen LogP contribution in [0.1, 0.15) is 47.7 Å². The largest absolute Gasteiger partial charge is 0.465 e. The third-order valence-electron chi connectivity index (χ3n) is 9.42. The second-order valence-corrected chi connectivity index (χ2v) is 12.9. The Hall–Kier alpha value is -5.07. The number of carbonyl (C=O) groups is 2. The number of rotatable bonds is 6. The Kier molecular flexibility index (Phi) is 7.30. The van der Waals surface area contributed by atoms with Crippen molar-refractivity contribution in [2.45, 2.75) is 49.7 Å². The van der Waals surface area contributed by atoms with Crippen LogP contribution in [0.2, 0.25) is 5.15 Å². The lowest BCUT2D eigenvalue weighted by molar-refractivity contribution is -0.120. The molecule has 3 aliphatic heterocycles. The monoisotopic (exact) mass is 669 g/mol. The summed E-state index contributed by atoms with van der Waals surface area (Å²) in [5.41, 5.74) is 7.89. The topological polar surface area (TPSA) is 139 Å². The Labute approximate surface area is 278 Å². The van der Waals surface area contributed by atoms with Crippen LogP contribution in [0.15, 0.2) is 72.9 Å². The fourth-order valence-corrected chi connectivity index (χ4v) is 7.33. The van der Waals surface area contributed by atoms with E-state index in [1.807, 2.05) is 66.7 Å². The third kappa shape index (κ3) is 5.40. The van der Waals surface area contributed by atoms with Crippen molar-refractivity contribution in [1.82, 2.24) is 30.6 Å². The highest BCUT2D eigenvalue weighted by molar-refractivity contribution is 6.31. The maximum Gasteiger partial charge on any atom is 0.405 e. The Balaban J connectivity index is 0.999. The number of imidazole rings is 2. The Bertz CT molecular complexity index is 2040. The molecule has 3 atom stereocenters. The molecule has 10 nitrogen and oxygen atoms in total. The molecule has 1 saturated heterocycles. The van der Waals surface area contributed by atoms with Crippen LogP contribution in [0.4, 0.5) is 19.3 Å². The average molecular weight is 670 g/mol. The van der Waals surface area contributed by atoms with Crippen LogP contribution in [0.25, 0.3) is 33.6 Å². The van der Waals surface area contributed by atoms with E-state index in [1.165, 1.54) is 0 Å². The molecule has 2 aromatic heterocycles. The lowest BCUT2D eigenvalue weighted by Gasteiger charge is -2.27. The molecule has 0 unspecified atom stereocenters. The van der Waals surface area contributed by atoms with E-state index in [-0.39, 0.29) is 24.9 Å². The van der Waals surface area contributed by atoms with Gasteiger partial charge in [0.2, 0.25) is 5.91 Å². The minimum absolute atomic E-state index is 0.273. The molecule has 8 rings (SSSR count). The molecule has 0 bridgehead atoms. The Morgan fingerprint density at radius 1 is 0.958 bits per heavy atom. The molecule has 13 heteroatoms. The highest BCUT2D eigenvalue weighted by atomic mass is 35.5. The van der Waals surface area contributed by atoms with E-state index in [2.05, 4.69) is 30.6 Å². The van der Waals surface area contributed by atoms with Crippen LogP contribution in [-0.2, 0) is 17.6 Å². The van der Waals surface area contributed by atoms with Gasteiger partial charge < -0.3 is 25.7 Å². The van der Waals surface area contributed by atoms with Crippen molar-refractivity contribution in [3.05, 3.63) is 101 Å². The number of para-hydroxylation sites is 1. The highest BCUT2D eigenvalue weighted by Gasteiger charge is 2.43. The van der Waals surface area contributed by atoms with Gasteiger partial charge in [-0.15, -0.1) is 0 Å². The van der Waals surface area contributed by atoms with E-state index >= 15 is 0 Å². The zero-order valence-electron chi connectivity index (χ0n) is 25.4. The summed E-state index contributed by atoms with van der Waals surface area (Å²) >= 11 is 6.41. The second-order valence-electron chi connectivity index (χ2n) is 12.5. The smallest absolute Gasteiger partial charge is 0.405 e. The molecule has 3 aromatic carbocycles. The molecule has 3 aliphatic rings. The van der Waals surface area contributed by atoms with Crippen LogP contribution in [-0.4, -0.2) is 55.6 Å². The number of anilines is 1. The van der Waals surface area contributed by atoms with Crippen LogP contribution in [0.3, 0.4) is 0 Å². The molecular formula is C35H30ClF2N7O3. The number of nitrogens with zero attached hydrogens (tertiary/aromatic N) is 3. The molecule has 48 heavy (non-hydrogen) atoms. The zero-order valence-corrected chi connectivity index (χ0v) is 26.2. The van der Waals surface area contributed by atoms with Crippen molar-refractivity contribution in [1.29, 1.82) is 0 Å². The molecule has 5 N–H and O–H groups in total. The van der Waals surface area contributed by atoms with Crippen LogP contribution in [0.5, 0.6) is 0 Å². The van der Waals surface area contributed by atoms with E-state index in [0.29, 0.717) is 41.8 Å². The van der Waals surface area contributed by atoms with Crippen LogP contribution in [0, 0.1) is 0 Å². The summed E-state index contributed by atoms with van der Waals surface area (Å²) in [5, 5.41) is 14.9. The number of aryl methyl sites for hydroxylation is 1. The standard InChI is InChI=1S/C35H30ClF2N7O3/c36-30-28(43-31(44-30)25-15-35(37,38)17-40-25)21-10-6-19(7-11-21)18-4-8-20(9-5-18)26-16-39-32(41-26)27-14-23-3-1-2-22-12-13-24(42-34(47)48)33(46)45(27)29(22)23/h1-11,16,24-25,27,40,42H,12-15,17H2,(H,39,41)(H,43,44)(H,47,48)/t24-,25-,27-/m0/s1. The zero-order chi connectivity index (χ0) is 33.2. The molecule has 244 valence electrons. The predicted octanol–water partition coefficient (Wildman–Crippen LogP) is 6.67. The van der Waals surface area contributed by atoms with Gasteiger partial charge in [-0.2, -0.15) is 0 Å². The van der Waals surface area contributed by atoms with Gasteiger partial charge in [0, 0.05) is 18.4 Å². The summed E-state index contributed by atoms with van der Waals surface area (Å²) in [6.07, 6.45) is 1.77. The lowest BCUT2D eigenvalue weighted by atomic mass is 10.0. The SMILES string of the molecule is O=C(O)N[C@H]1CCc2cccc3c2N(C1=O)[C@H](c1ncc(-c2ccc(-c4ccc(-c5nc([C@@H]6CC(F)(F)CN6)[nH]c5Cl)cc4)cc2)[nH]1)C3. The van der Waals surface area contributed by atoms with Gasteiger partial charge in [-0.1, -0.05) is 78.3 Å². The second kappa shape index (κ2) is 11.6. The normalized spacial score (nSPS) is 21.3. The van der Waals surface area contributed by atoms with Gasteiger partial charge in [-0.25, -0.2) is 23.5 Å². The first-order valence-electron chi connectivity index (χ1n) is 15.7. The summed E-state index contributed by atoms with van der Waals surface area (Å²) in [6.45, 7) is -0.384. The van der Waals surface area contributed by atoms with E-state index < -0.39 is 24.1 Å². The molecular weight excluding hydrogens is 640 g/mol. The van der Waals surface area contributed by atoms with Crippen molar-refractivity contribution in [3.63, 3.8) is 0 Å². The first-order valence-corrected chi connectivity index (χ1v) is 16.1. The summed E-state index contributed by atoms with van der Waals surface area (Å²) < 4.78 is 27.4. The van der Waals surface area contributed by atoms with Crippen molar-refractivity contribution in [2.75, 3.05) is 11.4 Å². The predicted molar refractivity (Wildman–Crippen MR) is 176 cm³/mol. The molecule has 0 saturated carbocycles. The molecule has 0 aliphatic carbocycles. The lowest BCUT2D eigenvalue weighted by Crippen LogP contribution is -2.48. The molecule has 1 fully saturated rings. The van der Waals surface area contributed by atoms with E-state index in [0.717, 1.165) is 44.8 Å². The molecule has 0 radical (unpaired) electrons. The van der Waals surface area contributed by atoms with Gasteiger partial charge in [-0.05, 0) is 40.7 Å². The summed E-state index contributed by atoms with van der Waals surface area (Å²) in [4.78, 5) is 42.4. The fourth-order valence-electron chi connectivity index (χ4n) is 7.08. The van der Waals surface area contributed by atoms with E-state index in [4.69, 9.17) is 11.6 Å². The van der Waals surface area contributed by atoms with Crippen LogP contribution >= 0.6 is 11.6 Å². The summed E-state index contributed by atoms with van der Waals surface area (Å²) in [6, 6.07) is 19.9. The Morgan fingerprint density at radius 3 is 2.33 bits per heavy atom. The maximum atomic E-state index is 13.7. The van der Waals surface area contributed by atoms with Gasteiger partial charge >= 0.3 is 6.09 Å². The number of H-pyrrole nitrogens is 2. The van der Waals surface area contributed by atoms with Gasteiger partial charge in [0.25, 0.3) is 5.92 Å². The van der Waals surface area contributed by atoms with E-state index in [1.54, 1.807) is 11.1 Å². The number of hydrogen-bond donors (Lipinski definition) is 5. The van der Waals surface area contributed by atoms with Crippen molar-refractivity contribution in [2.24, 2.45) is 0 Å². The number of carbonyl (C=O) groups excluding carboxylic acids is 1. The number of aromatic nitrogens is 4. The number of amides is 2. The van der Waals surface area contributed by atoms with Gasteiger partial charge in [0.15, 0.2) is 0 Å². The highest BCUT2D eigenvalue weighted by Crippen LogP contribution is 2.44. The Morgan fingerprint density at radius 2 is 1.65 bits per heavy atom. The number of carboxylic acid groups (broad SMARTS) is 1. The molecule has 5 heterocycles. The maximum absolute atomic E-state index is 13.7. The van der Waals surface area contributed by atoms with Gasteiger partial charge in [-0.3, -0.25) is 9.69 Å². The van der Waals surface area contributed by atoms with Gasteiger partial charge in [0.05, 0.1) is 36.2 Å². The number of benzene rings is 3. The molecule has 5 aromatic rings. The molecule has 0 spiro atoms. The summed E-state index contributed by atoms with van der Waals surface area (Å²) in [7, 11) is 0. The number of halogens is 3. The minimum atomic E-state index is -2.77. The quantitative estimate of drug-likeness (QED) is 0.137. The van der Waals surface area contributed by atoms with Gasteiger partial charge in [0.1, 0.15) is 28.5 Å². The number of aromatic amines is 2. The first-order chi connectivity index (χ1) is 23.1. The first kappa shape index (κ1) is 30.3. The number of hydrogen-bond acceptors (Lipinski definition) is 5. The van der Waals surface area contributed by atoms with E-state index in [9.17, 15) is 23.5 Å². The number of nitrogens with one attached hydrogen (secondary N) is 4. The molecule has 2 amide bonds. The fraction of sp³-hybridized carbons (Fsp3) is 0.257. The number of alkyl halides is 2. The van der Waals surface area contributed by atoms with Crippen molar-refractivity contribution in [3.8, 4) is 33.6 Å².